The minimum absolute atomic E-state index is 0.141. The van der Waals surface area contributed by atoms with E-state index in [1.165, 1.54) is 4.90 Å². The predicted octanol–water partition coefficient (Wildman–Crippen LogP) is 3.78. The highest BCUT2D eigenvalue weighted by Crippen LogP contribution is 2.32. The summed E-state index contributed by atoms with van der Waals surface area (Å²) in [4.78, 5) is 39.2. The smallest absolute Gasteiger partial charge is 0.416 e. The van der Waals surface area contributed by atoms with Crippen LogP contribution in [0.3, 0.4) is 0 Å². The molecule has 3 atom stereocenters. The maximum absolute atomic E-state index is 13.4. The number of cyclic esters (lactones) is 1. The third-order valence-electron chi connectivity index (χ3n) is 6.07. The average molecular weight is 421 g/mol. The van der Waals surface area contributed by atoms with Crippen LogP contribution in [0.5, 0.6) is 0 Å². The molecule has 1 saturated heterocycles. The molecule has 0 unspecified atom stereocenters. The highest BCUT2D eigenvalue weighted by atomic mass is 16.6. The van der Waals surface area contributed by atoms with Gasteiger partial charge in [0.05, 0.1) is 19.3 Å². The maximum Gasteiger partial charge on any atom is 0.416 e. The van der Waals surface area contributed by atoms with Crippen molar-refractivity contribution in [2.45, 2.75) is 38.3 Å². The van der Waals surface area contributed by atoms with Gasteiger partial charge >= 0.3 is 6.09 Å². The van der Waals surface area contributed by atoms with Crippen LogP contribution in [-0.2, 0) is 32.1 Å². The number of Topliss-reactive ketones (excluding diaryl/α,β-unsaturated/α-hetero) is 1. The van der Waals surface area contributed by atoms with Crippen LogP contribution < -0.4 is 0 Å². The Kier molecular flexibility index (Phi) is 6.77. The van der Waals surface area contributed by atoms with Gasteiger partial charge in [0.15, 0.2) is 0 Å². The second-order valence-corrected chi connectivity index (χ2v) is 8.28. The third-order valence-corrected chi connectivity index (χ3v) is 6.07. The van der Waals surface area contributed by atoms with Gasteiger partial charge in [0.1, 0.15) is 12.4 Å². The van der Waals surface area contributed by atoms with Crippen molar-refractivity contribution in [3.8, 4) is 0 Å². The highest BCUT2D eigenvalue weighted by Gasteiger charge is 2.44. The number of imide groups is 1. The lowest BCUT2D eigenvalue weighted by atomic mass is 9.78. The van der Waals surface area contributed by atoms with Gasteiger partial charge in [-0.3, -0.25) is 9.59 Å². The van der Waals surface area contributed by atoms with E-state index in [0.717, 1.165) is 11.1 Å². The number of ether oxygens (including phenoxy) is 2. The molecule has 1 saturated carbocycles. The van der Waals surface area contributed by atoms with Gasteiger partial charge in [-0.05, 0) is 24.0 Å². The van der Waals surface area contributed by atoms with Crippen LogP contribution >= 0.6 is 0 Å². The molecule has 0 N–H and O–H groups in total. The average Bonchev–Trinajstić information content (AvgIpc) is 3.15. The molecule has 0 bridgehead atoms. The molecule has 1 aliphatic carbocycles. The lowest BCUT2D eigenvalue weighted by Crippen LogP contribution is -2.47. The normalized spacial score (nSPS) is 23.6. The molecule has 2 aromatic carbocycles. The standard InChI is InChI=1S/C25H27NO5/c27-22-11-12-23(20(14-22)16-30-15-19-9-5-2-6-10-19)24(28)26-21(17-31-25(26)29)13-18-7-3-1-4-8-18/h1-10,20-21,23H,11-17H2/t20-,21-,23-/m1/s1. The summed E-state index contributed by atoms with van der Waals surface area (Å²) in [6.07, 6.45) is 1.07. The Balaban J connectivity index is 1.43. The molecule has 6 heteroatoms. The fourth-order valence-corrected chi connectivity index (χ4v) is 4.44. The molecule has 0 aromatic heterocycles. The second-order valence-electron chi connectivity index (χ2n) is 8.28. The molecular formula is C25H27NO5. The van der Waals surface area contributed by atoms with Gasteiger partial charge in [-0.15, -0.1) is 0 Å². The zero-order valence-corrected chi connectivity index (χ0v) is 17.4. The summed E-state index contributed by atoms with van der Waals surface area (Å²) in [5, 5.41) is 0. The lowest BCUT2D eigenvalue weighted by Gasteiger charge is -2.32. The molecule has 1 heterocycles. The van der Waals surface area contributed by atoms with E-state index in [9.17, 15) is 14.4 Å². The number of hydrogen-bond donors (Lipinski definition) is 0. The summed E-state index contributed by atoms with van der Waals surface area (Å²) in [7, 11) is 0. The van der Waals surface area contributed by atoms with E-state index in [-0.39, 0.29) is 30.3 Å². The van der Waals surface area contributed by atoms with Gasteiger partial charge in [0, 0.05) is 24.7 Å². The Morgan fingerprint density at radius 3 is 2.39 bits per heavy atom. The van der Waals surface area contributed by atoms with Crippen LogP contribution in [0.1, 0.15) is 30.4 Å². The molecule has 31 heavy (non-hydrogen) atoms. The fourth-order valence-electron chi connectivity index (χ4n) is 4.44. The lowest BCUT2D eigenvalue weighted by molar-refractivity contribution is -0.139. The summed E-state index contributed by atoms with van der Waals surface area (Å²) in [5.41, 5.74) is 2.09. The number of rotatable bonds is 7. The van der Waals surface area contributed by atoms with E-state index in [0.29, 0.717) is 38.9 Å². The van der Waals surface area contributed by atoms with Crippen LogP contribution in [0.15, 0.2) is 60.7 Å². The van der Waals surface area contributed by atoms with E-state index in [1.54, 1.807) is 0 Å². The zero-order valence-electron chi connectivity index (χ0n) is 17.4. The summed E-state index contributed by atoms with van der Waals surface area (Å²) in [6.45, 7) is 0.929. The summed E-state index contributed by atoms with van der Waals surface area (Å²) in [5.74, 6) is -0.757. The van der Waals surface area contributed by atoms with Gasteiger partial charge in [0.2, 0.25) is 5.91 Å². The Hall–Kier alpha value is -2.99. The van der Waals surface area contributed by atoms with Gasteiger partial charge < -0.3 is 9.47 Å². The van der Waals surface area contributed by atoms with Crippen molar-refractivity contribution in [2.24, 2.45) is 11.8 Å². The highest BCUT2D eigenvalue weighted by molar-refractivity contribution is 5.96. The minimum atomic E-state index is -0.591. The first-order chi connectivity index (χ1) is 15.1. The molecule has 0 radical (unpaired) electrons. The molecule has 162 valence electrons. The molecule has 2 aliphatic rings. The monoisotopic (exact) mass is 421 g/mol. The quantitative estimate of drug-likeness (QED) is 0.680. The SMILES string of the molecule is O=C1CC[C@@H](C(=O)N2C(=O)OC[C@H]2Cc2ccccc2)[C@@H](COCc2ccccc2)C1. The molecule has 2 amide bonds. The second kappa shape index (κ2) is 9.88. The number of nitrogens with zero attached hydrogens (tertiary/aromatic N) is 1. The Bertz CT molecular complexity index is 914. The van der Waals surface area contributed by atoms with Gasteiger partial charge in [-0.25, -0.2) is 9.69 Å². The van der Waals surface area contributed by atoms with Crippen LogP contribution in [0, 0.1) is 11.8 Å². The summed E-state index contributed by atoms with van der Waals surface area (Å²) in [6, 6.07) is 19.2. The van der Waals surface area contributed by atoms with E-state index >= 15 is 0 Å². The molecule has 2 aromatic rings. The topological polar surface area (TPSA) is 72.9 Å². The number of carbonyl (C=O) groups is 3. The van der Waals surface area contributed by atoms with Crippen molar-refractivity contribution in [3.05, 3.63) is 71.8 Å². The van der Waals surface area contributed by atoms with Gasteiger partial charge in [0.25, 0.3) is 0 Å². The number of hydrogen-bond acceptors (Lipinski definition) is 5. The minimum Gasteiger partial charge on any atom is -0.447 e. The van der Waals surface area contributed by atoms with E-state index in [2.05, 4.69) is 0 Å². The molecule has 6 nitrogen and oxygen atoms in total. The van der Waals surface area contributed by atoms with E-state index in [1.807, 2.05) is 60.7 Å². The largest absolute Gasteiger partial charge is 0.447 e. The van der Waals surface area contributed by atoms with Crippen LogP contribution in [-0.4, -0.2) is 41.9 Å². The fraction of sp³-hybridized carbons (Fsp3) is 0.400. The van der Waals surface area contributed by atoms with Crippen molar-refractivity contribution in [3.63, 3.8) is 0 Å². The zero-order chi connectivity index (χ0) is 21.6. The maximum atomic E-state index is 13.4. The number of benzene rings is 2. The van der Waals surface area contributed by atoms with Gasteiger partial charge in [-0.2, -0.15) is 0 Å². The number of ketones is 1. The molecule has 1 aliphatic heterocycles. The number of carbonyl (C=O) groups excluding carboxylic acids is 3. The van der Waals surface area contributed by atoms with Crippen molar-refractivity contribution in [1.29, 1.82) is 0 Å². The molecule has 4 rings (SSSR count). The molecular weight excluding hydrogens is 394 g/mol. The first kappa shape index (κ1) is 21.2. The van der Waals surface area contributed by atoms with Crippen LogP contribution in [0.2, 0.25) is 0 Å². The first-order valence-corrected chi connectivity index (χ1v) is 10.8. The van der Waals surface area contributed by atoms with Crippen molar-refractivity contribution in [1.82, 2.24) is 4.90 Å². The Labute approximate surface area is 182 Å². The van der Waals surface area contributed by atoms with Crippen LogP contribution in [0.25, 0.3) is 0 Å². The summed E-state index contributed by atoms with van der Waals surface area (Å²) >= 11 is 0. The van der Waals surface area contributed by atoms with Crippen LogP contribution in [0.4, 0.5) is 4.79 Å². The Morgan fingerprint density at radius 2 is 1.68 bits per heavy atom. The summed E-state index contributed by atoms with van der Waals surface area (Å²) < 4.78 is 11.1. The Morgan fingerprint density at radius 1 is 1.00 bits per heavy atom. The predicted molar refractivity (Wildman–Crippen MR) is 114 cm³/mol. The van der Waals surface area contributed by atoms with Gasteiger partial charge in [-0.1, -0.05) is 60.7 Å². The number of amides is 2. The van der Waals surface area contributed by atoms with E-state index < -0.39 is 12.0 Å². The molecule has 0 spiro atoms. The third kappa shape index (κ3) is 5.20. The van der Waals surface area contributed by atoms with E-state index in [4.69, 9.17) is 9.47 Å². The van der Waals surface area contributed by atoms with Crippen molar-refractivity contribution in [2.75, 3.05) is 13.2 Å². The first-order valence-electron chi connectivity index (χ1n) is 10.8. The van der Waals surface area contributed by atoms with Crippen molar-refractivity contribution < 1.29 is 23.9 Å². The van der Waals surface area contributed by atoms with Crippen molar-refractivity contribution >= 4 is 17.8 Å². The molecule has 2 fully saturated rings.